The van der Waals surface area contributed by atoms with Crippen LogP contribution in [-0.4, -0.2) is 28.8 Å². The second kappa shape index (κ2) is 4.41. The molecule has 0 spiro atoms. The summed E-state index contributed by atoms with van der Waals surface area (Å²) in [5.74, 6) is -0.990. The van der Waals surface area contributed by atoms with Crippen LogP contribution in [0.1, 0.15) is 22.3 Å². The van der Waals surface area contributed by atoms with E-state index in [9.17, 15) is 9.59 Å². The van der Waals surface area contributed by atoms with E-state index in [0.717, 1.165) is 5.56 Å². The lowest BCUT2D eigenvalue weighted by Crippen LogP contribution is -2.25. The molecule has 1 aliphatic heterocycles. The zero-order valence-electron chi connectivity index (χ0n) is 9.38. The van der Waals surface area contributed by atoms with Gasteiger partial charge < -0.3 is 10.0 Å². The first-order valence-corrected chi connectivity index (χ1v) is 5.83. The summed E-state index contributed by atoms with van der Waals surface area (Å²) in [6.45, 7) is 2.39. The lowest BCUT2D eigenvalue weighted by molar-refractivity contribution is -0.117. The summed E-state index contributed by atoms with van der Waals surface area (Å²) >= 11 is 4.28. The molecule has 90 valence electrons. The van der Waals surface area contributed by atoms with Crippen LogP contribution in [0.2, 0.25) is 0 Å². The summed E-state index contributed by atoms with van der Waals surface area (Å²) in [5.41, 5.74) is 1.76. The molecule has 5 heteroatoms. The number of nitrogens with zero attached hydrogens (tertiary/aromatic N) is 1. The van der Waals surface area contributed by atoms with E-state index in [0.29, 0.717) is 18.7 Å². The number of thiol groups is 1. The fourth-order valence-electron chi connectivity index (χ4n) is 1.95. The molecule has 17 heavy (non-hydrogen) atoms. The number of carbonyl (C=O) groups is 2. The third-order valence-corrected chi connectivity index (χ3v) is 3.20. The van der Waals surface area contributed by atoms with E-state index in [-0.39, 0.29) is 16.7 Å². The summed E-state index contributed by atoms with van der Waals surface area (Å²) in [7, 11) is 0. The van der Waals surface area contributed by atoms with Crippen molar-refractivity contribution in [2.75, 3.05) is 11.4 Å². The van der Waals surface area contributed by atoms with Crippen LogP contribution in [0.5, 0.6) is 0 Å². The Hall–Kier alpha value is -1.49. The molecule has 0 radical (unpaired) electrons. The van der Waals surface area contributed by atoms with Crippen LogP contribution >= 0.6 is 12.6 Å². The van der Waals surface area contributed by atoms with E-state index in [1.807, 2.05) is 6.92 Å². The van der Waals surface area contributed by atoms with Crippen molar-refractivity contribution < 1.29 is 14.7 Å². The number of anilines is 1. The molecule has 2 rings (SSSR count). The van der Waals surface area contributed by atoms with E-state index in [1.165, 1.54) is 0 Å². The van der Waals surface area contributed by atoms with Crippen LogP contribution in [0.15, 0.2) is 18.2 Å². The molecule has 1 heterocycles. The second-order valence-electron chi connectivity index (χ2n) is 4.17. The Labute approximate surface area is 105 Å². The van der Waals surface area contributed by atoms with Crippen LogP contribution in [-0.2, 0) is 4.79 Å². The van der Waals surface area contributed by atoms with Crippen molar-refractivity contribution in [3.63, 3.8) is 0 Å². The summed E-state index contributed by atoms with van der Waals surface area (Å²) in [6.07, 6.45) is 0.403. The maximum absolute atomic E-state index is 11.7. The van der Waals surface area contributed by atoms with Crippen molar-refractivity contribution in [1.29, 1.82) is 0 Å². The van der Waals surface area contributed by atoms with Gasteiger partial charge in [-0.25, -0.2) is 4.79 Å². The van der Waals surface area contributed by atoms with Crippen LogP contribution < -0.4 is 4.90 Å². The zero-order valence-corrected chi connectivity index (χ0v) is 10.3. The van der Waals surface area contributed by atoms with Gasteiger partial charge in [-0.2, -0.15) is 12.6 Å². The molecule has 4 nitrogen and oxygen atoms in total. The molecule has 1 atom stereocenters. The Bertz CT molecular complexity index is 487. The van der Waals surface area contributed by atoms with Gasteiger partial charge in [-0.3, -0.25) is 4.79 Å². The highest BCUT2D eigenvalue weighted by atomic mass is 32.1. The minimum atomic E-state index is -0.986. The number of carbonyl (C=O) groups excluding carboxylic acids is 1. The number of carboxylic acid groups (broad SMARTS) is 1. The maximum Gasteiger partial charge on any atom is 0.335 e. The van der Waals surface area contributed by atoms with Gasteiger partial charge in [0.15, 0.2) is 0 Å². The van der Waals surface area contributed by atoms with E-state index in [1.54, 1.807) is 23.1 Å². The summed E-state index contributed by atoms with van der Waals surface area (Å²) in [4.78, 5) is 24.3. The van der Waals surface area contributed by atoms with Crippen molar-refractivity contribution in [2.45, 2.75) is 18.6 Å². The van der Waals surface area contributed by atoms with E-state index < -0.39 is 5.97 Å². The van der Waals surface area contributed by atoms with Crippen LogP contribution in [0.25, 0.3) is 0 Å². The highest BCUT2D eigenvalue weighted by molar-refractivity contribution is 7.81. The van der Waals surface area contributed by atoms with Gasteiger partial charge in [0.05, 0.1) is 5.56 Å². The normalized spacial score (nSPS) is 19.8. The predicted octanol–water partition coefficient (Wildman–Crippen LogP) is 1.73. The lowest BCUT2D eigenvalue weighted by Gasteiger charge is -2.19. The number of amides is 1. The van der Waals surface area contributed by atoms with Crippen molar-refractivity contribution in [3.05, 3.63) is 29.3 Å². The van der Waals surface area contributed by atoms with Crippen molar-refractivity contribution in [3.8, 4) is 0 Å². The zero-order chi connectivity index (χ0) is 12.6. The van der Waals surface area contributed by atoms with E-state index in [4.69, 9.17) is 5.11 Å². The standard InChI is InChI=1S/C12H13NO3S/c1-7-2-3-8(12(15)16)4-10(7)13-6-9(17)5-11(13)14/h2-4,9,17H,5-6H2,1H3,(H,15,16). The number of carboxylic acids is 1. The van der Waals surface area contributed by atoms with Crippen molar-refractivity contribution >= 4 is 30.2 Å². The molecule has 0 aliphatic carbocycles. The monoisotopic (exact) mass is 251 g/mol. The van der Waals surface area contributed by atoms with Gasteiger partial charge in [-0.1, -0.05) is 6.07 Å². The highest BCUT2D eigenvalue weighted by Crippen LogP contribution is 2.28. The average molecular weight is 251 g/mol. The first kappa shape index (κ1) is 12.0. The van der Waals surface area contributed by atoms with Crippen molar-refractivity contribution in [2.24, 2.45) is 0 Å². The largest absolute Gasteiger partial charge is 0.478 e. The maximum atomic E-state index is 11.7. The van der Waals surface area contributed by atoms with Gasteiger partial charge in [0, 0.05) is 23.9 Å². The van der Waals surface area contributed by atoms with Gasteiger partial charge in [0.25, 0.3) is 0 Å². The quantitative estimate of drug-likeness (QED) is 0.787. The highest BCUT2D eigenvalue weighted by Gasteiger charge is 2.29. The second-order valence-corrected chi connectivity index (χ2v) is 4.90. The smallest absolute Gasteiger partial charge is 0.335 e. The molecule has 1 unspecified atom stereocenters. The van der Waals surface area contributed by atoms with Gasteiger partial charge in [-0.05, 0) is 24.6 Å². The summed E-state index contributed by atoms with van der Waals surface area (Å²) in [5, 5.41) is 8.97. The van der Waals surface area contributed by atoms with E-state index >= 15 is 0 Å². The summed E-state index contributed by atoms with van der Waals surface area (Å²) < 4.78 is 0. The SMILES string of the molecule is Cc1ccc(C(=O)O)cc1N1CC(S)CC1=O. The molecule has 1 amide bonds. The molecule has 1 aromatic carbocycles. The van der Waals surface area contributed by atoms with Gasteiger partial charge in [-0.15, -0.1) is 0 Å². The Morgan fingerprint density at radius 3 is 2.76 bits per heavy atom. The Kier molecular flexibility index (Phi) is 3.11. The van der Waals surface area contributed by atoms with Crippen molar-refractivity contribution in [1.82, 2.24) is 0 Å². The van der Waals surface area contributed by atoms with E-state index in [2.05, 4.69) is 12.6 Å². The van der Waals surface area contributed by atoms with Crippen LogP contribution in [0.4, 0.5) is 5.69 Å². The molecule has 1 aromatic rings. The molecule has 0 saturated carbocycles. The molecule has 1 fully saturated rings. The van der Waals surface area contributed by atoms with Gasteiger partial charge in [0.2, 0.25) is 5.91 Å². The average Bonchev–Trinajstić information content (AvgIpc) is 2.58. The molecule has 1 saturated heterocycles. The first-order valence-electron chi connectivity index (χ1n) is 5.31. The lowest BCUT2D eigenvalue weighted by atomic mass is 10.1. The minimum absolute atomic E-state index is 0.00404. The van der Waals surface area contributed by atoms with Crippen LogP contribution in [0, 0.1) is 6.92 Å². The Morgan fingerprint density at radius 1 is 1.53 bits per heavy atom. The fourth-order valence-corrected chi connectivity index (χ4v) is 2.27. The number of benzene rings is 1. The first-order chi connectivity index (χ1) is 7.99. The Morgan fingerprint density at radius 2 is 2.24 bits per heavy atom. The molecular weight excluding hydrogens is 238 g/mol. The summed E-state index contributed by atoms with van der Waals surface area (Å²) in [6, 6.07) is 4.80. The topological polar surface area (TPSA) is 57.6 Å². The third kappa shape index (κ3) is 2.29. The number of rotatable bonds is 2. The number of aromatic carboxylic acids is 1. The number of aryl methyl sites for hydroxylation is 1. The van der Waals surface area contributed by atoms with Gasteiger partial charge in [0.1, 0.15) is 0 Å². The molecule has 0 aromatic heterocycles. The Balaban J connectivity index is 2.41. The number of hydrogen-bond donors (Lipinski definition) is 2. The molecule has 1 aliphatic rings. The fraction of sp³-hybridized carbons (Fsp3) is 0.333. The van der Waals surface area contributed by atoms with Crippen LogP contribution in [0.3, 0.4) is 0 Å². The van der Waals surface area contributed by atoms with Gasteiger partial charge >= 0.3 is 5.97 Å². The predicted molar refractivity (Wildman–Crippen MR) is 67.9 cm³/mol. The third-order valence-electron chi connectivity index (χ3n) is 2.85. The molecule has 1 N–H and O–H groups in total. The molecular formula is C12H13NO3S. The minimum Gasteiger partial charge on any atom is -0.478 e. The molecule has 0 bridgehead atoms. The number of hydrogen-bond acceptors (Lipinski definition) is 3.